The monoisotopic (exact) mass is 475 g/mol. The molecule has 1 fully saturated rings. The van der Waals surface area contributed by atoms with Gasteiger partial charge in [0.15, 0.2) is 0 Å². The predicted octanol–water partition coefficient (Wildman–Crippen LogP) is 1.66. The van der Waals surface area contributed by atoms with Crippen molar-refractivity contribution in [2.24, 2.45) is 5.73 Å². The zero-order chi connectivity index (χ0) is 23.7. The Morgan fingerprint density at radius 2 is 1.62 bits per heavy atom. The molecule has 4 N–H and O–H groups in total. The fourth-order valence-corrected chi connectivity index (χ4v) is 3.62. The highest BCUT2D eigenvalue weighted by atomic mass is 32.2. The Bertz CT molecular complexity index is 1060. The second-order valence-corrected chi connectivity index (χ2v) is 7.86. The van der Waals surface area contributed by atoms with Crippen LogP contribution >= 0.6 is 11.8 Å². The van der Waals surface area contributed by atoms with Crippen LogP contribution in [0.3, 0.4) is 0 Å². The van der Waals surface area contributed by atoms with E-state index >= 15 is 0 Å². The Morgan fingerprint density at radius 3 is 2.22 bits per heavy atom. The molecule has 3 rings (SSSR count). The quantitative estimate of drug-likeness (QED) is 0.420. The van der Waals surface area contributed by atoms with E-state index in [1.54, 1.807) is 30.3 Å². The molecule has 0 bridgehead atoms. The van der Waals surface area contributed by atoms with Crippen LogP contribution in [0.25, 0.3) is 0 Å². The van der Waals surface area contributed by atoms with Gasteiger partial charge in [-0.25, -0.2) is 0 Å². The third-order valence-corrected chi connectivity index (χ3v) is 5.37. The minimum absolute atomic E-state index is 0.0536. The van der Waals surface area contributed by atoms with E-state index in [2.05, 4.69) is 16.4 Å². The number of carbonyl (C=O) groups excluding carboxylic acids is 4. The van der Waals surface area contributed by atoms with E-state index in [4.69, 9.17) is 0 Å². The van der Waals surface area contributed by atoms with Crippen LogP contribution in [0.2, 0.25) is 0 Å². The van der Waals surface area contributed by atoms with Gasteiger partial charge in [-0.05, 0) is 66.3 Å². The van der Waals surface area contributed by atoms with Gasteiger partial charge in [0.1, 0.15) is 6.54 Å². The fourth-order valence-electron chi connectivity index (χ4n) is 2.45. The molecule has 4 amide bonds. The Hall–Kier alpha value is -3.32. The number of anilines is 2. The number of nitrogens with one attached hydrogen (secondary N) is 2. The van der Waals surface area contributed by atoms with Gasteiger partial charge in [-0.15, -0.1) is 0 Å². The second kappa shape index (κ2) is 11.9. The van der Waals surface area contributed by atoms with E-state index in [1.165, 1.54) is 31.3 Å². The average Bonchev–Trinajstić information content (AvgIpc) is 3.03. The first-order chi connectivity index (χ1) is 15.3. The van der Waals surface area contributed by atoms with Gasteiger partial charge in [0, 0.05) is 22.3 Å². The van der Waals surface area contributed by atoms with Crippen molar-refractivity contribution < 1.29 is 27.9 Å². The average molecular weight is 476 g/mol. The normalized spacial score (nSPS) is 15.1. The van der Waals surface area contributed by atoms with Crippen LogP contribution < -0.4 is 16.4 Å². The molecule has 0 radical (unpaired) electrons. The highest BCUT2D eigenvalue weighted by molar-refractivity contribution is 8.18. The molecule has 0 aliphatic carbocycles. The van der Waals surface area contributed by atoms with Gasteiger partial charge in [-0.2, -0.15) is 0 Å². The lowest BCUT2D eigenvalue weighted by molar-refractivity contribution is -0.127. The topological polar surface area (TPSA) is 162 Å². The highest BCUT2D eigenvalue weighted by Gasteiger charge is 2.36. The Morgan fingerprint density at radius 1 is 1.03 bits per heavy atom. The summed E-state index contributed by atoms with van der Waals surface area (Å²) < 4.78 is 21.7. The number of hydrogen-bond acceptors (Lipinski definition) is 8. The van der Waals surface area contributed by atoms with Crippen LogP contribution in [0.4, 0.5) is 16.2 Å². The van der Waals surface area contributed by atoms with E-state index < -0.39 is 40.6 Å². The largest absolute Gasteiger partial charge is 0.768 e. The van der Waals surface area contributed by atoms with Crippen molar-refractivity contribution in [2.75, 3.05) is 24.2 Å². The molecule has 2 aromatic carbocycles. The van der Waals surface area contributed by atoms with E-state index in [9.17, 15) is 27.9 Å². The minimum Gasteiger partial charge on any atom is -0.768 e. The van der Waals surface area contributed by atoms with Crippen LogP contribution in [-0.2, 0) is 25.5 Å². The summed E-state index contributed by atoms with van der Waals surface area (Å²) in [4.78, 5) is 49.4. The van der Waals surface area contributed by atoms with E-state index in [0.717, 1.165) is 11.0 Å². The Labute approximate surface area is 190 Å². The lowest BCUT2D eigenvalue weighted by Crippen LogP contribution is -2.36. The number of nitrogens with two attached hydrogens (primary N) is 1. The third kappa shape index (κ3) is 6.85. The first-order valence-corrected chi connectivity index (χ1v) is 10.9. The van der Waals surface area contributed by atoms with Crippen LogP contribution in [0.5, 0.6) is 0 Å². The fraction of sp³-hybridized carbons (Fsp3) is 0.100. The lowest BCUT2D eigenvalue weighted by atomic mass is 10.3. The van der Waals surface area contributed by atoms with E-state index in [-0.39, 0.29) is 9.80 Å². The molecule has 1 aliphatic heterocycles. The maximum atomic E-state index is 12.4. The van der Waals surface area contributed by atoms with Gasteiger partial charge in [-0.1, -0.05) is 18.2 Å². The van der Waals surface area contributed by atoms with Crippen molar-refractivity contribution in [3.8, 4) is 0 Å². The molecular weight excluding hydrogens is 456 g/mol. The molecule has 1 unspecified atom stereocenters. The summed E-state index contributed by atoms with van der Waals surface area (Å²) in [6.07, 6.45) is 1.01. The molecule has 10 nitrogen and oxygen atoms in total. The third-order valence-electron chi connectivity index (χ3n) is 3.81. The van der Waals surface area contributed by atoms with Crippen LogP contribution in [0.1, 0.15) is 0 Å². The maximum Gasteiger partial charge on any atom is 0.294 e. The number of rotatable bonds is 6. The van der Waals surface area contributed by atoms with E-state index in [1.807, 2.05) is 0 Å². The molecule has 0 aromatic heterocycles. The van der Waals surface area contributed by atoms with Crippen molar-refractivity contribution in [3.05, 3.63) is 65.6 Å². The summed E-state index contributed by atoms with van der Waals surface area (Å²) in [6.45, 7) is -0.544. The van der Waals surface area contributed by atoms with Crippen LogP contribution in [-0.4, -0.2) is 50.2 Å². The van der Waals surface area contributed by atoms with Crippen molar-refractivity contribution in [2.45, 2.75) is 4.90 Å². The van der Waals surface area contributed by atoms with Gasteiger partial charge >= 0.3 is 0 Å². The molecule has 168 valence electrons. The first kappa shape index (κ1) is 24.9. The molecule has 32 heavy (non-hydrogen) atoms. The number of thioether (sulfide) groups is 1. The second-order valence-electron chi connectivity index (χ2n) is 5.93. The molecule has 1 heterocycles. The molecule has 12 heteroatoms. The van der Waals surface area contributed by atoms with Gasteiger partial charge in [0.25, 0.3) is 11.1 Å². The number of hydrogen-bond donors (Lipinski definition) is 3. The van der Waals surface area contributed by atoms with E-state index in [0.29, 0.717) is 23.1 Å². The van der Waals surface area contributed by atoms with Gasteiger partial charge in [0.2, 0.25) is 11.8 Å². The first-order valence-electron chi connectivity index (χ1n) is 9.02. The summed E-state index contributed by atoms with van der Waals surface area (Å²) in [7, 11) is 1.50. The molecule has 1 aliphatic rings. The number of amides is 4. The standard InChI is InChI=1S/C19H15N3O6S2.CH5N/c23-16(20-12-4-2-1-3-5-12)10-15-18(25)22(19(26)29-15)11-17(24)21-13-6-8-14(9-7-13)30(27)28;1-2/h1-10H,11H2,(H,20,23)(H,21,24)(H,27,28);2H2,1H3/p-1/b15-10-;. The SMILES string of the molecule is CN.O=C(/C=C1\SC(=O)N(CC(=O)Nc2ccc(S(=O)[O-])cc2)C1=O)Nc1ccccc1. The summed E-state index contributed by atoms with van der Waals surface area (Å²) in [5, 5.41) is 4.37. The predicted molar refractivity (Wildman–Crippen MR) is 120 cm³/mol. The van der Waals surface area contributed by atoms with Crippen molar-refractivity contribution >= 4 is 57.2 Å². The summed E-state index contributed by atoms with van der Waals surface area (Å²) in [5.41, 5.74) is 5.34. The molecule has 1 atom stereocenters. The molecular formula is C20H19N4O6S2-. The van der Waals surface area contributed by atoms with Gasteiger partial charge in [-0.3, -0.25) is 28.3 Å². The lowest BCUT2D eigenvalue weighted by Gasteiger charge is -2.13. The zero-order valence-corrected chi connectivity index (χ0v) is 18.4. The Balaban J connectivity index is 0.00000176. The van der Waals surface area contributed by atoms with Crippen LogP contribution in [0, 0.1) is 0 Å². The maximum absolute atomic E-state index is 12.4. The van der Waals surface area contributed by atoms with Crippen LogP contribution in [0.15, 0.2) is 70.5 Å². The molecule has 0 saturated carbocycles. The van der Waals surface area contributed by atoms with Crippen molar-refractivity contribution in [1.29, 1.82) is 0 Å². The smallest absolute Gasteiger partial charge is 0.294 e. The number of para-hydroxylation sites is 1. The Kier molecular flexibility index (Phi) is 9.28. The molecule has 2 aromatic rings. The zero-order valence-electron chi connectivity index (χ0n) is 16.8. The summed E-state index contributed by atoms with van der Waals surface area (Å²) >= 11 is -1.82. The molecule has 0 spiro atoms. The van der Waals surface area contributed by atoms with Crippen molar-refractivity contribution in [1.82, 2.24) is 4.90 Å². The summed E-state index contributed by atoms with van der Waals surface area (Å²) in [6, 6.07) is 13.9. The molecule has 1 saturated heterocycles. The summed E-state index contributed by atoms with van der Waals surface area (Å²) in [5.74, 6) is -1.98. The van der Waals surface area contributed by atoms with Gasteiger partial charge < -0.3 is 20.9 Å². The highest BCUT2D eigenvalue weighted by Crippen LogP contribution is 2.30. The number of imide groups is 1. The number of nitrogens with zero attached hydrogens (tertiary/aromatic N) is 1. The van der Waals surface area contributed by atoms with Crippen molar-refractivity contribution in [3.63, 3.8) is 0 Å². The number of benzene rings is 2. The van der Waals surface area contributed by atoms with Gasteiger partial charge in [0.05, 0.1) is 4.91 Å². The number of carbonyl (C=O) groups is 4. The minimum atomic E-state index is -2.39.